The number of hydrogen-bond donors (Lipinski definition) is 1. The fraction of sp³-hybridized carbons (Fsp3) is 0.867. The summed E-state index contributed by atoms with van der Waals surface area (Å²) in [7, 11) is 0. The summed E-state index contributed by atoms with van der Waals surface area (Å²) in [6, 6.07) is 0.0513. The molecule has 0 radical (unpaired) electrons. The van der Waals surface area contributed by atoms with E-state index in [1.807, 2.05) is 9.80 Å². The van der Waals surface area contributed by atoms with Crippen LogP contribution in [0.5, 0.6) is 0 Å². The maximum Gasteiger partial charge on any atom is 0.317 e. The van der Waals surface area contributed by atoms with Crippen molar-refractivity contribution in [2.75, 3.05) is 45.8 Å². The molecule has 2 saturated heterocycles. The molecule has 2 heterocycles. The monoisotopic (exact) mass is 294 g/mol. The summed E-state index contributed by atoms with van der Waals surface area (Å²) >= 11 is 0. The predicted octanol–water partition coefficient (Wildman–Crippen LogP) is 0.344. The number of piperazine rings is 1. The van der Waals surface area contributed by atoms with Crippen LogP contribution in [-0.4, -0.2) is 78.0 Å². The van der Waals surface area contributed by atoms with E-state index in [0.717, 1.165) is 58.7 Å². The molecule has 118 valence electrons. The molecule has 2 aliphatic heterocycles. The average molecular weight is 294 g/mol. The molecule has 6 nitrogen and oxygen atoms in total. The maximum atomic E-state index is 12.2. The van der Waals surface area contributed by atoms with Gasteiger partial charge >= 0.3 is 6.03 Å². The summed E-state index contributed by atoms with van der Waals surface area (Å²) < 4.78 is 0. The second-order valence-electron chi connectivity index (χ2n) is 7.05. The Hall–Kier alpha value is -1.30. The fourth-order valence-corrected chi connectivity index (χ4v) is 3.35. The van der Waals surface area contributed by atoms with Gasteiger partial charge in [-0.25, -0.2) is 4.79 Å². The summed E-state index contributed by atoms with van der Waals surface area (Å²) in [6.07, 6.45) is 2.15. The predicted molar refractivity (Wildman–Crippen MR) is 79.9 cm³/mol. The van der Waals surface area contributed by atoms with Gasteiger partial charge in [0.15, 0.2) is 0 Å². The molecule has 3 fully saturated rings. The van der Waals surface area contributed by atoms with E-state index < -0.39 is 0 Å². The zero-order valence-electron chi connectivity index (χ0n) is 13.1. The summed E-state index contributed by atoms with van der Waals surface area (Å²) in [5.41, 5.74) is -0.0149. The zero-order chi connectivity index (χ0) is 15.0. The highest BCUT2D eigenvalue weighted by atomic mass is 16.2. The molecule has 0 bridgehead atoms. The SMILES string of the molecule is CC1(C)CN(C(=O)C2CC2)CCN1CCN1CCNC1=O. The van der Waals surface area contributed by atoms with Crippen molar-refractivity contribution in [3.8, 4) is 0 Å². The quantitative estimate of drug-likeness (QED) is 0.814. The van der Waals surface area contributed by atoms with Crippen molar-refractivity contribution in [1.82, 2.24) is 20.0 Å². The number of nitrogens with one attached hydrogen (secondary N) is 1. The van der Waals surface area contributed by atoms with Crippen LogP contribution in [-0.2, 0) is 4.79 Å². The minimum Gasteiger partial charge on any atom is -0.339 e. The van der Waals surface area contributed by atoms with Crippen LogP contribution in [0, 0.1) is 5.92 Å². The third kappa shape index (κ3) is 3.15. The first-order chi connectivity index (χ1) is 9.97. The number of nitrogens with zero attached hydrogens (tertiary/aromatic N) is 3. The molecule has 0 aromatic heterocycles. The molecular formula is C15H26N4O2. The van der Waals surface area contributed by atoms with Crippen LogP contribution in [0.3, 0.4) is 0 Å². The molecule has 1 saturated carbocycles. The Morgan fingerprint density at radius 1 is 1.24 bits per heavy atom. The van der Waals surface area contributed by atoms with Crippen molar-refractivity contribution in [3.05, 3.63) is 0 Å². The van der Waals surface area contributed by atoms with Gasteiger partial charge in [0.2, 0.25) is 5.91 Å². The number of rotatable bonds is 4. The van der Waals surface area contributed by atoms with Crippen LogP contribution in [0.4, 0.5) is 4.79 Å². The van der Waals surface area contributed by atoms with Crippen LogP contribution in [0.15, 0.2) is 0 Å². The van der Waals surface area contributed by atoms with E-state index in [4.69, 9.17) is 0 Å². The van der Waals surface area contributed by atoms with E-state index in [0.29, 0.717) is 11.8 Å². The van der Waals surface area contributed by atoms with E-state index >= 15 is 0 Å². The maximum absolute atomic E-state index is 12.2. The first kappa shape index (κ1) is 14.6. The second kappa shape index (κ2) is 5.48. The van der Waals surface area contributed by atoms with Crippen LogP contribution in [0.25, 0.3) is 0 Å². The van der Waals surface area contributed by atoms with E-state index in [2.05, 4.69) is 24.1 Å². The molecule has 0 atom stereocenters. The van der Waals surface area contributed by atoms with Gasteiger partial charge in [-0.2, -0.15) is 0 Å². The van der Waals surface area contributed by atoms with Gasteiger partial charge in [-0.05, 0) is 26.7 Å². The molecule has 0 aromatic rings. The lowest BCUT2D eigenvalue weighted by atomic mass is 9.98. The van der Waals surface area contributed by atoms with Gasteiger partial charge in [-0.15, -0.1) is 0 Å². The Bertz CT molecular complexity index is 433. The van der Waals surface area contributed by atoms with Crippen molar-refractivity contribution in [3.63, 3.8) is 0 Å². The molecule has 6 heteroatoms. The number of amides is 3. The Morgan fingerprint density at radius 3 is 2.57 bits per heavy atom. The van der Waals surface area contributed by atoms with Gasteiger partial charge in [0.25, 0.3) is 0 Å². The first-order valence-corrected chi connectivity index (χ1v) is 8.04. The summed E-state index contributed by atoms with van der Waals surface area (Å²) in [6.45, 7) is 10.1. The van der Waals surface area contributed by atoms with Gasteiger partial charge < -0.3 is 15.1 Å². The zero-order valence-corrected chi connectivity index (χ0v) is 13.1. The highest BCUT2D eigenvalue weighted by molar-refractivity contribution is 5.81. The minimum atomic E-state index is -0.0149. The lowest BCUT2D eigenvalue weighted by Gasteiger charge is -2.47. The lowest BCUT2D eigenvalue weighted by Crippen LogP contribution is -2.61. The van der Waals surface area contributed by atoms with Crippen LogP contribution >= 0.6 is 0 Å². The van der Waals surface area contributed by atoms with Crippen molar-refractivity contribution in [2.24, 2.45) is 5.92 Å². The van der Waals surface area contributed by atoms with Gasteiger partial charge in [0.05, 0.1) is 0 Å². The van der Waals surface area contributed by atoms with Gasteiger partial charge in [0, 0.05) is 57.3 Å². The van der Waals surface area contributed by atoms with Crippen LogP contribution < -0.4 is 5.32 Å². The summed E-state index contributed by atoms with van der Waals surface area (Å²) in [5.74, 6) is 0.655. The average Bonchev–Trinajstić information content (AvgIpc) is 3.20. The second-order valence-corrected chi connectivity index (χ2v) is 7.05. The fourth-order valence-electron chi connectivity index (χ4n) is 3.35. The standard InChI is InChI=1S/C15H26N4O2/c1-15(2)11-18(13(20)12-3-4-12)8-10-19(15)9-7-17-6-5-16-14(17)21/h12H,3-11H2,1-2H3,(H,16,21). The van der Waals surface area contributed by atoms with Crippen LogP contribution in [0.2, 0.25) is 0 Å². The molecule has 3 aliphatic rings. The van der Waals surface area contributed by atoms with Crippen molar-refractivity contribution >= 4 is 11.9 Å². The number of carbonyl (C=O) groups excluding carboxylic acids is 2. The lowest BCUT2D eigenvalue weighted by molar-refractivity contribution is -0.137. The molecular weight excluding hydrogens is 268 g/mol. The highest BCUT2D eigenvalue weighted by Gasteiger charge is 2.40. The van der Waals surface area contributed by atoms with Gasteiger partial charge in [0.1, 0.15) is 0 Å². The molecule has 1 aliphatic carbocycles. The van der Waals surface area contributed by atoms with Crippen molar-refractivity contribution < 1.29 is 9.59 Å². The number of carbonyl (C=O) groups is 2. The van der Waals surface area contributed by atoms with Gasteiger partial charge in [-0.3, -0.25) is 9.69 Å². The molecule has 0 aromatic carbocycles. The van der Waals surface area contributed by atoms with E-state index in [1.165, 1.54) is 0 Å². The molecule has 3 rings (SSSR count). The van der Waals surface area contributed by atoms with E-state index in [9.17, 15) is 9.59 Å². The molecule has 0 unspecified atom stereocenters. The van der Waals surface area contributed by atoms with Crippen molar-refractivity contribution in [2.45, 2.75) is 32.2 Å². The van der Waals surface area contributed by atoms with E-state index in [-0.39, 0.29) is 11.6 Å². The Balaban J connectivity index is 1.52. The smallest absolute Gasteiger partial charge is 0.317 e. The summed E-state index contributed by atoms with van der Waals surface area (Å²) in [5, 5.41) is 2.84. The Kier molecular flexibility index (Phi) is 3.82. The number of hydrogen-bond acceptors (Lipinski definition) is 3. The molecule has 0 spiro atoms. The summed E-state index contributed by atoms with van der Waals surface area (Å²) in [4.78, 5) is 30.1. The molecule has 1 N–H and O–H groups in total. The minimum absolute atomic E-state index is 0.0149. The number of urea groups is 1. The third-order valence-corrected chi connectivity index (χ3v) is 4.90. The largest absolute Gasteiger partial charge is 0.339 e. The molecule has 21 heavy (non-hydrogen) atoms. The third-order valence-electron chi connectivity index (χ3n) is 4.90. The van der Waals surface area contributed by atoms with E-state index in [1.54, 1.807) is 0 Å². The Morgan fingerprint density at radius 2 is 2.00 bits per heavy atom. The Labute approximate surface area is 126 Å². The van der Waals surface area contributed by atoms with Gasteiger partial charge in [-0.1, -0.05) is 0 Å². The van der Waals surface area contributed by atoms with Crippen LogP contribution in [0.1, 0.15) is 26.7 Å². The van der Waals surface area contributed by atoms with Crippen molar-refractivity contribution in [1.29, 1.82) is 0 Å². The topological polar surface area (TPSA) is 55.9 Å². The molecule has 3 amide bonds. The highest BCUT2D eigenvalue weighted by Crippen LogP contribution is 2.32. The first-order valence-electron chi connectivity index (χ1n) is 8.04. The normalized spacial score (nSPS) is 26.1.